The average Bonchev–Trinajstić information content (AvgIpc) is 1.41. The van der Waals surface area contributed by atoms with Gasteiger partial charge >= 0.3 is 0 Å². The fraction of sp³-hybridized carbons (Fsp3) is 0. The molecule has 0 aliphatic rings. The number of hydrogen-bond acceptors (Lipinski definition) is 1. The van der Waals surface area contributed by atoms with Gasteiger partial charge in [0.15, 0.2) is 0 Å². The van der Waals surface area contributed by atoms with E-state index >= 15 is 0 Å². The normalized spacial score (nSPS) is 10.4. The second kappa shape index (κ2) is 4.13. The van der Waals surface area contributed by atoms with Crippen molar-refractivity contribution in [2.75, 3.05) is 0 Å². The van der Waals surface area contributed by atoms with Crippen LogP contribution in [-0.2, 0) is 0 Å². The van der Waals surface area contributed by atoms with Gasteiger partial charge in [-0.25, -0.2) is 0 Å². The van der Waals surface area contributed by atoms with Gasteiger partial charge in [-0.1, -0.05) is 5.70 Å². The summed E-state index contributed by atoms with van der Waals surface area (Å²) in [5.74, 6) is 0. The first-order valence-corrected chi connectivity index (χ1v) is 4.19. The Bertz CT molecular complexity index is 28.8. The molecule has 0 atom stereocenters. The molecule has 0 saturated heterocycles. The molecule has 0 spiro atoms. The summed E-state index contributed by atoms with van der Waals surface area (Å²) in [5.41, 5.74) is 1.99. The molecule has 1 N–H and O–H groups in total. The minimum Gasteiger partial charge on any atom is -0.369 e. The molecule has 0 amide bonds. The summed E-state index contributed by atoms with van der Waals surface area (Å²) < 4.78 is 3.18. The van der Waals surface area contributed by atoms with Crippen molar-refractivity contribution in [3.8, 4) is 0 Å². The fourth-order valence-corrected chi connectivity index (χ4v) is 1.30. The van der Waals surface area contributed by atoms with Crippen molar-refractivity contribution in [1.29, 1.82) is 0 Å². The second-order valence-corrected chi connectivity index (χ2v) is 4.66. The molecule has 0 aromatic carbocycles. The third-order valence-corrected chi connectivity index (χ3v) is 2.27. The molecule has 0 saturated carbocycles. The van der Waals surface area contributed by atoms with Crippen LogP contribution in [0.4, 0.5) is 0 Å². The van der Waals surface area contributed by atoms with E-state index in [1.165, 1.54) is 0 Å². The number of hydrogen-bond donors (Lipinski definition) is 1. The molecule has 0 aromatic heterocycles. The number of rotatable bonds is 2. The molecule has 3 heteroatoms. The van der Waals surface area contributed by atoms with Crippen molar-refractivity contribution in [2.45, 2.75) is 0 Å². The molecule has 0 bridgehead atoms. The zero-order valence-electron chi connectivity index (χ0n) is 3.49. The van der Waals surface area contributed by atoms with Crippen LogP contribution in [0.5, 0.6) is 0 Å². The van der Waals surface area contributed by atoms with Gasteiger partial charge in [0.1, 0.15) is 9.68 Å². The zero-order chi connectivity index (χ0) is 4.12. The third kappa shape index (κ3) is 4.13. The van der Waals surface area contributed by atoms with Crippen molar-refractivity contribution in [3.63, 3.8) is 0 Å². The van der Waals surface area contributed by atoms with Crippen molar-refractivity contribution in [3.05, 3.63) is 12.3 Å². The van der Waals surface area contributed by atoms with E-state index in [0.717, 1.165) is 10.4 Å². The molecule has 0 heterocycles. The number of nitrogens with one attached hydrogen (secondary N) is 1. The lowest BCUT2D eigenvalue weighted by Gasteiger charge is -1.77. The first-order valence-electron chi connectivity index (χ1n) is 1.67. The lowest BCUT2D eigenvalue weighted by molar-refractivity contribution is 1.64. The summed E-state index contributed by atoms with van der Waals surface area (Å²) >= 11 is 0. The Morgan fingerprint density at radius 3 is 2.60 bits per heavy atom. The van der Waals surface area contributed by atoms with Gasteiger partial charge in [0.05, 0.1) is 10.4 Å². The Kier molecular flexibility index (Phi) is 4.24. The van der Waals surface area contributed by atoms with Crippen LogP contribution in [0.15, 0.2) is 12.3 Å². The summed E-state index contributed by atoms with van der Waals surface area (Å²) in [4.78, 5) is 0. The molecule has 0 aromatic rings. The first-order chi connectivity index (χ1) is 2.41. The molecule has 0 radical (unpaired) electrons. The lowest BCUT2D eigenvalue weighted by Crippen LogP contribution is -2.10. The van der Waals surface area contributed by atoms with Crippen LogP contribution in [0.2, 0.25) is 0 Å². The van der Waals surface area contributed by atoms with Gasteiger partial charge in [0.2, 0.25) is 0 Å². The molecule has 0 aliphatic heterocycles. The predicted octanol–water partition coefficient (Wildman–Crippen LogP) is -1.92. The molecule has 0 fully saturated rings. The summed E-state index contributed by atoms with van der Waals surface area (Å²) in [6.45, 7) is 3.57. The molecule has 30 valence electrons. The van der Waals surface area contributed by atoms with Crippen molar-refractivity contribution in [1.82, 2.24) is 4.65 Å². The highest BCUT2D eigenvalue weighted by Crippen LogP contribution is 1.42. The van der Waals surface area contributed by atoms with E-state index in [9.17, 15) is 0 Å². The van der Waals surface area contributed by atoms with Crippen LogP contribution in [-0.4, -0.2) is 20.1 Å². The van der Waals surface area contributed by atoms with E-state index in [-0.39, 0.29) is 9.68 Å². The van der Waals surface area contributed by atoms with Crippen LogP contribution in [0, 0.1) is 0 Å². The summed E-state index contributed by atoms with van der Waals surface area (Å²) in [6, 6.07) is 0. The Morgan fingerprint density at radius 2 is 2.60 bits per heavy atom. The van der Waals surface area contributed by atoms with Crippen LogP contribution in [0.3, 0.4) is 0 Å². The molecule has 0 unspecified atom stereocenters. The lowest BCUT2D eigenvalue weighted by atomic mass is 11.3. The monoisotopic (exact) mass is 103 g/mol. The Hall–Kier alpha value is 0.134. The Balaban J connectivity index is 2.40. The minimum atomic E-state index is 0.00772. The maximum Gasteiger partial charge on any atom is 0.109 e. The van der Waals surface area contributed by atoms with E-state index in [1.54, 1.807) is 0 Å². The maximum absolute atomic E-state index is 3.57. The molecular weight excluding hydrogens is 94.2 g/mol. The summed E-state index contributed by atoms with van der Waals surface area (Å²) in [5, 5.41) is 0. The smallest absolute Gasteiger partial charge is 0.109 e. The quantitative estimate of drug-likeness (QED) is 0.402. The van der Waals surface area contributed by atoms with E-state index in [4.69, 9.17) is 0 Å². The topological polar surface area (TPSA) is 12.0 Å². The van der Waals surface area contributed by atoms with E-state index < -0.39 is 0 Å². The van der Waals surface area contributed by atoms with Crippen molar-refractivity contribution in [2.24, 2.45) is 0 Å². The van der Waals surface area contributed by atoms with Gasteiger partial charge in [-0.2, -0.15) is 0 Å². The molecular formula is C2H9NSi2. The molecule has 5 heavy (non-hydrogen) atoms. The average molecular weight is 103 g/mol. The van der Waals surface area contributed by atoms with E-state index in [2.05, 4.69) is 11.2 Å². The fourth-order valence-electron chi connectivity index (χ4n) is 0.144. The van der Waals surface area contributed by atoms with Gasteiger partial charge in [-0.3, -0.25) is 0 Å². The highest BCUT2D eigenvalue weighted by atomic mass is 28.3. The van der Waals surface area contributed by atoms with Gasteiger partial charge in [0, 0.05) is 0 Å². The van der Waals surface area contributed by atoms with Gasteiger partial charge in [-0.15, -0.1) is 6.58 Å². The van der Waals surface area contributed by atoms with Gasteiger partial charge in [0.25, 0.3) is 0 Å². The van der Waals surface area contributed by atoms with Crippen molar-refractivity contribution >= 4 is 20.1 Å². The van der Waals surface area contributed by atoms with E-state index in [1.807, 2.05) is 5.70 Å². The first kappa shape index (κ1) is 5.13. The van der Waals surface area contributed by atoms with Crippen LogP contribution >= 0.6 is 0 Å². The molecule has 1 nitrogen and oxygen atoms in total. The van der Waals surface area contributed by atoms with Crippen LogP contribution < -0.4 is 4.65 Å². The van der Waals surface area contributed by atoms with Crippen LogP contribution in [0.1, 0.15) is 0 Å². The predicted molar refractivity (Wildman–Crippen MR) is 31.8 cm³/mol. The third-order valence-electron chi connectivity index (χ3n) is 0.348. The standard InChI is InChI=1S/C2H9NSi2/c1-2-5-3-4/h2-3H,1,5H2,4H3. The van der Waals surface area contributed by atoms with E-state index in [0.29, 0.717) is 0 Å². The SMILES string of the molecule is C=C[SiH2]N[SiH3]. The highest BCUT2D eigenvalue weighted by Gasteiger charge is 1.59. The maximum atomic E-state index is 3.57. The highest BCUT2D eigenvalue weighted by molar-refractivity contribution is 6.46. The summed E-state index contributed by atoms with van der Waals surface area (Å²) in [7, 11) is 1.15. The molecule has 0 aliphatic carbocycles. The minimum absolute atomic E-state index is 0.00772. The molecule has 0 rings (SSSR count). The zero-order valence-corrected chi connectivity index (χ0v) is 6.91. The Labute approximate surface area is 37.9 Å². The summed E-state index contributed by atoms with van der Waals surface area (Å²) in [6.07, 6.45) is 0. The second-order valence-electron chi connectivity index (χ2n) is 0.846. The Morgan fingerprint density at radius 1 is 2.00 bits per heavy atom. The van der Waals surface area contributed by atoms with Crippen LogP contribution in [0.25, 0.3) is 0 Å². The van der Waals surface area contributed by atoms with Crippen molar-refractivity contribution < 1.29 is 0 Å². The van der Waals surface area contributed by atoms with Gasteiger partial charge in [-0.05, 0) is 0 Å². The largest absolute Gasteiger partial charge is 0.369 e. The van der Waals surface area contributed by atoms with Gasteiger partial charge < -0.3 is 4.65 Å².